The fourth-order valence-corrected chi connectivity index (χ4v) is 2.96. The molecule has 146 valence electrons. The van der Waals surface area contributed by atoms with E-state index in [9.17, 15) is 9.59 Å². The number of ether oxygens (including phenoxy) is 1. The van der Waals surface area contributed by atoms with Gasteiger partial charge in [-0.3, -0.25) is 4.79 Å². The zero-order valence-corrected chi connectivity index (χ0v) is 15.6. The number of aliphatic hydroxyl groups excluding tert-OH is 1. The van der Waals surface area contributed by atoms with Crippen molar-refractivity contribution in [1.82, 2.24) is 4.90 Å². The SMILES string of the molecule is COC(=O)C1=C(Nc2ccc(NCc3ccccc3)cc2)C(=O)N(CCO)C1. The molecule has 7 nitrogen and oxygen atoms in total. The Hall–Kier alpha value is -3.32. The lowest BCUT2D eigenvalue weighted by molar-refractivity contribution is -0.136. The maximum absolute atomic E-state index is 12.5. The molecule has 28 heavy (non-hydrogen) atoms. The van der Waals surface area contributed by atoms with Crippen molar-refractivity contribution in [3.05, 3.63) is 71.4 Å². The van der Waals surface area contributed by atoms with E-state index in [4.69, 9.17) is 9.84 Å². The summed E-state index contributed by atoms with van der Waals surface area (Å²) >= 11 is 0. The number of β-amino-alcohol motifs (C(OH)–C–C–N with tert-alkyl or cyclic N) is 1. The van der Waals surface area contributed by atoms with Gasteiger partial charge in [-0.25, -0.2) is 4.79 Å². The highest BCUT2D eigenvalue weighted by molar-refractivity contribution is 6.08. The van der Waals surface area contributed by atoms with Crippen molar-refractivity contribution in [2.45, 2.75) is 6.54 Å². The number of hydrogen-bond donors (Lipinski definition) is 3. The van der Waals surface area contributed by atoms with Crippen molar-refractivity contribution in [2.24, 2.45) is 0 Å². The van der Waals surface area contributed by atoms with Gasteiger partial charge in [0.25, 0.3) is 5.91 Å². The molecule has 3 N–H and O–H groups in total. The number of nitrogens with one attached hydrogen (secondary N) is 2. The van der Waals surface area contributed by atoms with E-state index < -0.39 is 5.97 Å². The van der Waals surface area contributed by atoms with E-state index in [1.54, 1.807) is 0 Å². The maximum atomic E-state index is 12.5. The van der Waals surface area contributed by atoms with E-state index in [-0.39, 0.29) is 36.9 Å². The smallest absolute Gasteiger partial charge is 0.337 e. The second-order valence-electron chi connectivity index (χ2n) is 6.34. The monoisotopic (exact) mass is 381 g/mol. The summed E-state index contributed by atoms with van der Waals surface area (Å²) in [5.74, 6) is -0.891. The normalized spacial score (nSPS) is 13.6. The van der Waals surface area contributed by atoms with Crippen molar-refractivity contribution in [2.75, 3.05) is 37.4 Å². The lowest BCUT2D eigenvalue weighted by Gasteiger charge is -2.15. The van der Waals surface area contributed by atoms with Gasteiger partial charge in [0, 0.05) is 24.5 Å². The number of methoxy groups -OCH3 is 1. The van der Waals surface area contributed by atoms with Gasteiger partial charge >= 0.3 is 5.97 Å². The lowest BCUT2D eigenvalue weighted by Crippen LogP contribution is -2.31. The molecule has 0 saturated heterocycles. The number of aliphatic hydroxyl groups is 1. The lowest BCUT2D eigenvalue weighted by atomic mass is 10.2. The first-order valence-electron chi connectivity index (χ1n) is 8.99. The van der Waals surface area contributed by atoms with Crippen LogP contribution in [0.4, 0.5) is 11.4 Å². The van der Waals surface area contributed by atoms with Crippen LogP contribution in [0.15, 0.2) is 65.9 Å². The zero-order chi connectivity index (χ0) is 19.9. The van der Waals surface area contributed by atoms with Crippen LogP contribution in [0.1, 0.15) is 5.56 Å². The molecule has 1 aliphatic rings. The Kier molecular flexibility index (Phi) is 6.29. The highest BCUT2D eigenvalue weighted by atomic mass is 16.5. The van der Waals surface area contributed by atoms with Crippen LogP contribution in [0.25, 0.3) is 0 Å². The zero-order valence-electron chi connectivity index (χ0n) is 15.6. The van der Waals surface area contributed by atoms with Crippen molar-refractivity contribution < 1.29 is 19.4 Å². The predicted molar refractivity (Wildman–Crippen MR) is 107 cm³/mol. The highest BCUT2D eigenvalue weighted by Gasteiger charge is 2.34. The minimum Gasteiger partial charge on any atom is -0.466 e. The van der Waals surface area contributed by atoms with E-state index >= 15 is 0 Å². The van der Waals surface area contributed by atoms with Gasteiger partial charge in [0.15, 0.2) is 0 Å². The van der Waals surface area contributed by atoms with Crippen LogP contribution in [0.5, 0.6) is 0 Å². The molecular weight excluding hydrogens is 358 g/mol. The topological polar surface area (TPSA) is 90.9 Å². The number of amides is 1. The maximum Gasteiger partial charge on any atom is 0.337 e. The Balaban J connectivity index is 1.69. The molecule has 0 spiro atoms. The Bertz CT molecular complexity index is 863. The summed E-state index contributed by atoms with van der Waals surface area (Å²) < 4.78 is 4.78. The second kappa shape index (κ2) is 9.05. The first kappa shape index (κ1) is 19.4. The molecule has 3 rings (SSSR count). The number of carbonyl (C=O) groups is 2. The van der Waals surface area contributed by atoms with E-state index in [0.29, 0.717) is 12.2 Å². The molecule has 2 aromatic rings. The Labute approximate surface area is 163 Å². The summed E-state index contributed by atoms with van der Waals surface area (Å²) in [4.78, 5) is 26.0. The third-order valence-electron chi connectivity index (χ3n) is 4.45. The molecule has 0 aromatic heterocycles. The molecule has 0 saturated carbocycles. The predicted octanol–water partition coefficient (Wildman–Crippen LogP) is 1.97. The third-order valence-corrected chi connectivity index (χ3v) is 4.45. The molecule has 1 amide bonds. The molecule has 0 bridgehead atoms. The molecule has 1 heterocycles. The van der Waals surface area contributed by atoms with Crippen molar-refractivity contribution in [1.29, 1.82) is 0 Å². The second-order valence-corrected chi connectivity index (χ2v) is 6.34. The van der Waals surface area contributed by atoms with Crippen LogP contribution in [-0.4, -0.2) is 48.7 Å². The van der Waals surface area contributed by atoms with Gasteiger partial charge in [0.1, 0.15) is 5.70 Å². The van der Waals surface area contributed by atoms with Crippen LogP contribution in [0.3, 0.4) is 0 Å². The van der Waals surface area contributed by atoms with Crippen molar-refractivity contribution in [3.8, 4) is 0 Å². The Morgan fingerprint density at radius 1 is 1.11 bits per heavy atom. The number of hydrogen-bond acceptors (Lipinski definition) is 6. The molecule has 0 aliphatic carbocycles. The molecule has 0 radical (unpaired) electrons. The number of rotatable bonds is 8. The van der Waals surface area contributed by atoms with Gasteiger partial charge in [0.2, 0.25) is 0 Å². The number of carbonyl (C=O) groups excluding carboxylic acids is 2. The van der Waals surface area contributed by atoms with Crippen LogP contribution in [0, 0.1) is 0 Å². The highest BCUT2D eigenvalue weighted by Crippen LogP contribution is 2.23. The Morgan fingerprint density at radius 3 is 2.43 bits per heavy atom. The summed E-state index contributed by atoms with van der Waals surface area (Å²) in [5.41, 5.74) is 3.24. The average molecular weight is 381 g/mol. The molecule has 1 aliphatic heterocycles. The first-order chi connectivity index (χ1) is 13.6. The largest absolute Gasteiger partial charge is 0.466 e. The van der Waals surface area contributed by atoms with Gasteiger partial charge in [-0.1, -0.05) is 30.3 Å². The number of anilines is 2. The standard InChI is InChI=1S/C21H23N3O4/c1-28-21(27)18-14-24(11-12-25)20(26)19(18)23-17-9-7-16(8-10-17)22-13-15-5-3-2-4-6-15/h2-10,22-23,25H,11-14H2,1H3. The molecule has 7 heteroatoms. The first-order valence-corrected chi connectivity index (χ1v) is 8.99. The minimum absolute atomic E-state index is 0.116. The quantitative estimate of drug-likeness (QED) is 0.606. The van der Waals surface area contributed by atoms with Gasteiger partial charge < -0.3 is 25.4 Å². The van der Waals surface area contributed by atoms with Gasteiger partial charge in [-0.15, -0.1) is 0 Å². The van der Waals surface area contributed by atoms with E-state index in [1.807, 2.05) is 54.6 Å². The molecule has 0 fully saturated rings. The van der Waals surface area contributed by atoms with Gasteiger partial charge in [-0.05, 0) is 29.8 Å². The third kappa shape index (κ3) is 4.50. The van der Waals surface area contributed by atoms with Gasteiger partial charge in [0.05, 0.1) is 25.8 Å². The van der Waals surface area contributed by atoms with Crippen molar-refractivity contribution in [3.63, 3.8) is 0 Å². The van der Waals surface area contributed by atoms with Crippen LogP contribution < -0.4 is 10.6 Å². The number of benzene rings is 2. The fraction of sp³-hybridized carbons (Fsp3) is 0.238. The van der Waals surface area contributed by atoms with E-state index in [1.165, 1.54) is 17.6 Å². The fourth-order valence-electron chi connectivity index (χ4n) is 2.96. The van der Waals surface area contributed by atoms with E-state index in [0.717, 1.165) is 5.69 Å². The summed E-state index contributed by atoms with van der Waals surface area (Å²) in [7, 11) is 1.28. The molecule has 2 aromatic carbocycles. The molecule has 0 atom stereocenters. The van der Waals surface area contributed by atoms with Crippen molar-refractivity contribution >= 4 is 23.3 Å². The van der Waals surface area contributed by atoms with E-state index in [2.05, 4.69) is 10.6 Å². The molecule has 0 unspecified atom stereocenters. The number of nitrogens with zero attached hydrogens (tertiary/aromatic N) is 1. The van der Waals surface area contributed by atoms with Gasteiger partial charge in [-0.2, -0.15) is 0 Å². The average Bonchev–Trinajstić information content (AvgIpc) is 3.03. The van der Waals surface area contributed by atoms with Crippen LogP contribution in [-0.2, 0) is 20.9 Å². The number of esters is 1. The van der Waals surface area contributed by atoms with Crippen LogP contribution in [0.2, 0.25) is 0 Å². The van der Waals surface area contributed by atoms with Crippen LogP contribution >= 0.6 is 0 Å². The minimum atomic E-state index is -0.558. The molecular formula is C21H23N3O4. The summed E-state index contributed by atoms with van der Waals surface area (Å²) in [5, 5.41) is 15.5. The summed E-state index contributed by atoms with van der Waals surface area (Å²) in [6.07, 6.45) is 0. The summed E-state index contributed by atoms with van der Waals surface area (Å²) in [6, 6.07) is 17.5. The Morgan fingerprint density at radius 2 is 1.79 bits per heavy atom. The summed E-state index contributed by atoms with van der Waals surface area (Å²) in [6.45, 7) is 0.813.